The lowest BCUT2D eigenvalue weighted by atomic mass is 9.82. The first-order valence-electron chi connectivity index (χ1n) is 16.4. The standard InChI is InChI=1S/C45H32BrNO/c1-45(2)38-14-8-6-12-35(38)36-25-24-34(28-39(36)45)47(32-20-16-30(17-21-32)29-10-4-3-5-11-29)33-22-18-31(19-23-33)43-40(46)26-27-42-44(43)37-13-7-9-15-41(37)48-42/h3-28H,1-2H3. The van der Waals surface area contributed by atoms with Gasteiger partial charge < -0.3 is 9.32 Å². The maximum Gasteiger partial charge on any atom is 0.136 e. The molecular formula is C45H32BrNO. The molecule has 3 heteroatoms. The third-order valence-electron chi connectivity index (χ3n) is 9.96. The Bertz CT molecular complexity index is 2470. The Hall–Kier alpha value is -5.38. The predicted octanol–water partition coefficient (Wildman–Crippen LogP) is 13.5. The Morgan fingerprint density at radius 1 is 0.500 bits per heavy atom. The van der Waals surface area contributed by atoms with Gasteiger partial charge in [0.15, 0.2) is 0 Å². The first-order valence-corrected chi connectivity index (χ1v) is 17.2. The topological polar surface area (TPSA) is 16.4 Å². The summed E-state index contributed by atoms with van der Waals surface area (Å²) in [4.78, 5) is 2.38. The van der Waals surface area contributed by atoms with Gasteiger partial charge in [-0.15, -0.1) is 0 Å². The number of nitrogens with zero attached hydrogens (tertiary/aromatic N) is 1. The van der Waals surface area contributed by atoms with Crippen molar-refractivity contribution in [1.29, 1.82) is 0 Å². The smallest absolute Gasteiger partial charge is 0.136 e. The molecule has 0 fully saturated rings. The molecule has 0 unspecified atom stereocenters. The van der Waals surface area contributed by atoms with Crippen molar-refractivity contribution in [3.8, 4) is 33.4 Å². The Morgan fingerprint density at radius 3 is 1.88 bits per heavy atom. The normalized spacial score (nSPS) is 13.1. The molecule has 1 aliphatic carbocycles. The highest BCUT2D eigenvalue weighted by molar-refractivity contribution is 9.10. The SMILES string of the molecule is CC1(C)c2ccccc2-c2ccc(N(c3ccc(-c4ccccc4)cc3)c3ccc(-c4c(Br)ccc5oc6ccccc6c45)cc3)cc21. The molecule has 0 bridgehead atoms. The zero-order valence-corrected chi connectivity index (χ0v) is 28.3. The van der Waals surface area contributed by atoms with Crippen LogP contribution in [0, 0.1) is 0 Å². The van der Waals surface area contributed by atoms with Crippen molar-refractivity contribution < 1.29 is 4.42 Å². The van der Waals surface area contributed by atoms with Crippen LogP contribution < -0.4 is 4.90 Å². The minimum atomic E-state index is -0.0903. The quantitative estimate of drug-likeness (QED) is 0.180. The second-order valence-electron chi connectivity index (χ2n) is 13.1. The van der Waals surface area contributed by atoms with E-state index in [1.165, 1.54) is 33.4 Å². The highest BCUT2D eigenvalue weighted by Gasteiger charge is 2.35. The molecular weight excluding hydrogens is 650 g/mol. The number of furan rings is 1. The molecule has 0 saturated carbocycles. The maximum atomic E-state index is 6.24. The van der Waals surface area contributed by atoms with Crippen molar-refractivity contribution in [2.24, 2.45) is 0 Å². The molecule has 0 amide bonds. The van der Waals surface area contributed by atoms with Crippen molar-refractivity contribution in [2.75, 3.05) is 4.90 Å². The van der Waals surface area contributed by atoms with Crippen LogP contribution in [-0.4, -0.2) is 0 Å². The zero-order valence-electron chi connectivity index (χ0n) is 26.7. The van der Waals surface area contributed by atoms with Crippen LogP contribution >= 0.6 is 15.9 Å². The number of benzene rings is 7. The van der Waals surface area contributed by atoms with E-state index in [4.69, 9.17) is 4.42 Å². The van der Waals surface area contributed by atoms with E-state index in [0.717, 1.165) is 54.6 Å². The zero-order chi connectivity index (χ0) is 32.4. The van der Waals surface area contributed by atoms with E-state index in [1.54, 1.807) is 0 Å². The molecule has 9 rings (SSSR count). The lowest BCUT2D eigenvalue weighted by Gasteiger charge is -2.28. The second kappa shape index (κ2) is 11.1. The molecule has 1 aromatic heterocycles. The molecule has 230 valence electrons. The third-order valence-corrected chi connectivity index (χ3v) is 10.6. The van der Waals surface area contributed by atoms with Gasteiger partial charge >= 0.3 is 0 Å². The largest absolute Gasteiger partial charge is 0.456 e. The van der Waals surface area contributed by atoms with Gasteiger partial charge in [0.05, 0.1) is 0 Å². The Morgan fingerprint density at radius 2 is 1.10 bits per heavy atom. The Kier molecular flexibility index (Phi) is 6.67. The molecule has 0 atom stereocenters. The van der Waals surface area contributed by atoms with Gasteiger partial charge in [-0.1, -0.05) is 133 Å². The molecule has 0 spiro atoms. The molecule has 0 aliphatic heterocycles. The number of hydrogen-bond acceptors (Lipinski definition) is 2. The highest BCUT2D eigenvalue weighted by atomic mass is 79.9. The summed E-state index contributed by atoms with van der Waals surface area (Å²) < 4.78 is 7.28. The Balaban J connectivity index is 1.18. The lowest BCUT2D eigenvalue weighted by molar-refractivity contribution is 0.660. The first kappa shape index (κ1) is 28.8. The van der Waals surface area contributed by atoms with Crippen LogP contribution in [0.25, 0.3) is 55.3 Å². The summed E-state index contributed by atoms with van der Waals surface area (Å²) in [5.74, 6) is 0. The van der Waals surface area contributed by atoms with Crippen LogP contribution in [0.5, 0.6) is 0 Å². The van der Waals surface area contributed by atoms with E-state index in [0.29, 0.717) is 0 Å². The van der Waals surface area contributed by atoms with Crippen molar-refractivity contribution in [3.05, 3.63) is 173 Å². The number of anilines is 3. The average molecular weight is 683 g/mol. The van der Waals surface area contributed by atoms with Crippen LogP contribution in [0.4, 0.5) is 17.1 Å². The minimum Gasteiger partial charge on any atom is -0.456 e. The van der Waals surface area contributed by atoms with Gasteiger partial charge in [0.2, 0.25) is 0 Å². The number of para-hydroxylation sites is 1. The highest BCUT2D eigenvalue weighted by Crippen LogP contribution is 2.51. The summed E-state index contributed by atoms with van der Waals surface area (Å²) in [6.07, 6.45) is 0. The van der Waals surface area contributed by atoms with Crippen molar-refractivity contribution in [2.45, 2.75) is 19.3 Å². The predicted molar refractivity (Wildman–Crippen MR) is 205 cm³/mol. The third kappa shape index (κ3) is 4.53. The van der Waals surface area contributed by atoms with Crippen LogP contribution in [-0.2, 0) is 5.41 Å². The van der Waals surface area contributed by atoms with Gasteiger partial charge in [0.25, 0.3) is 0 Å². The first-order chi connectivity index (χ1) is 23.5. The van der Waals surface area contributed by atoms with E-state index in [2.05, 4.69) is 174 Å². The fourth-order valence-electron chi connectivity index (χ4n) is 7.56. The maximum absolute atomic E-state index is 6.24. The number of rotatable bonds is 5. The van der Waals surface area contributed by atoms with E-state index in [-0.39, 0.29) is 5.41 Å². The molecule has 2 nitrogen and oxygen atoms in total. The van der Waals surface area contributed by atoms with E-state index in [9.17, 15) is 0 Å². The van der Waals surface area contributed by atoms with Crippen LogP contribution in [0.2, 0.25) is 0 Å². The van der Waals surface area contributed by atoms with Gasteiger partial charge in [-0.3, -0.25) is 0 Å². The number of fused-ring (bicyclic) bond motifs is 6. The molecule has 0 saturated heterocycles. The van der Waals surface area contributed by atoms with E-state index in [1.807, 2.05) is 18.2 Å². The molecule has 1 aliphatic rings. The fraction of sp³-hybridized carbons (Fsp3) is 0.0667. The van der Waals surface area contributed by atoms with Crippen LogP contribution in [0.15, 0.2) is 167 Å². The van der Waals surface area contributed by atoms with Crippen molar-refractivity contribution in [3.63, 3.8) is 0 Å². The molecule has 1 heterocycles. The van der Waals surface area contributed by atoms with Crippen LogP contribution in [0.1, 0.15) is 25.0 Å². The minimum absolute atomic E-state index is 0.0903. The van der Waals surface area contributed by atoms with Gasteiger partial charge in [0.1, 0.15) is 11.2 Å². The molecule has 7 aromatic carbocycles. The van der Waals surface area contributed by atoms with Gasteiger partial charge in [-0.05, 0) is 93.5 Å². The number of halogens is 1. The summed E-state index contributed by atoms with van der Waals surface area (Å²) in [5, 5.41) is 2.25. The van der Waals surface area contributed by atoms with Crippen molar-refractivity contribution >= 4 is 54.9 Å². The van der Waals surface area contributed by atoms with E-state index >= 15 is 0 Å². The molecule has 8 aromatic rings. The van der Waals surface area contributed by atoms with Crippen LogP contribution in [0.3, 0.4) is 0 Å². The molecule has 0 radical (unpaired) electrons. The summed E-state index contributed by atoms with van der Waals surface area (Å²) in [7, 11) is 0. The summed E-state index contributed by atoms with van der Waals surface area (Å²) >= 11 is 3.87. The summed E-state index contributed by atoms with van der Waals surface area (Å²) in [6.45, 7) is 4.68. The number of hydrogen-bond donors (Lipinski definition) is 0. The summed E-state index contributed by atoms with van der Waals surface area (Å²) in [5.41, 5.74) is 15.1. The molecule has 48 heavy (non-hydrogen) atoms. The van der Waals surface area contributed by atoms with Gasteiger partial charge in [-0.25, -0.2) is 0 Å². The summed E-state index contributed by atoms with van der Waals surface area (Å²) in [6, 6.07) is 56.6. The monoisotopic (exact) mass is 681 g/mol. The van der Waals surface area contributed by atoms with Gasteiger partial charge in [0, 0.05) is 43.3 Å². The van der Waals surface area contributed by atoms with Gasteiger partial charge in [-0.2, -0.15) is 0 Å². The second-order valence-corrected chi connectivity index (χ2v) is 13.9. The Labute approximate surface area is 289 Å². The average Bonchev–Trinajstić information content (AvgIpc) is 3.62. The van der Waals surface area contributed by atoms with Crippen molar-refractivity contribution in [1.82, 2.24) is 0 Å². The lowest BCUT2D eigenvalue weighted by Crippen LogP contribution is -2.16. The molecule has 0 N–H and O–H groups in total. The fourth-order valence-corrected chi connectivity index (χ4v) is 8.12. The van der Waals surface area contributed by atoms with E-state index < -0.39 is 0 Å².